The summed E-state index contributed by atoms with van der Waals surface area (Å²) in [6.45, 7) is 2.02. The Hall–Kier alpha value is -1.34. The zero-order chi connectivity index (χ0) is 12.4. The van der Waals surface area contributed by atoms with Gasteiger partial charge in [-0.3, -0.25) is 4.79 Å². The standard InChI is InChI=1S/C10H11N3O2S2/c1-6-3-16-4-7(6)9-11-12-10(13(9)2)17-5-8(14)15/h3-4H,5H2,1-2H3,(H,14,15). The smallest absolute Gasteiger partial charge is 0.313 e. The fourth-order valence-corrected chi connectivity index (χ4v) is 2.85. The minimum absolute atomic E-state index is 0.00536. The van der Waals surface area contributed by atoms with Crippen molar-refractivity contribution in [1.29, 1.82) is 0 Å². The van der Waals surface area contributed by atoms with Crippen LogP contribution in [0.15, 0.2) is 15.9 Å². The van der Waals surface area contributed by atoms with Gasteiger partial charge in [0, 0.05) is 18.0 Å². The second-order valence-corrected chi connectivity index (χ2v) is 5.20. The van der Waals surface area contributed by atoms with Gasteiger partial charge in [-0.05, 0) is 17.9 Å². The summed E-state index contributed by atoms with van der Waals surface area (Å²) < 4.78 is 1.82. The van der Waals surface area contributed by atoms with Crippen LogP contribution in [0.25, 0.3) is 11.4 Å². The van der Waals surface area contributed by atoms with Gasteiger partial charge in [-0.2, -0.15) is 11.3 Å². The Bertz CT molecular complexity index is 547. The number of aliphatic carboxylic acids is 1. The first-order valence-corrected chi connectivity index (χ1v) is 6.79. The van der Waals surface area contributed by atoms with Gasteiger partial charge in [0.05, 0.1) is 5.75 Å². The number of aromatic nitrogens is 3. The molecule has 17 heavy (non-hydrogen) atoms. The van der Waals surface area contributed by atoms with Gasteiger partial charge in [0.15, 0.2) is 11.0 Å². The number of carboxylic acids is 1. The zero-order valence-electron chi connectivity index (χ0n) is 9.38. The number of nitrogens with zero attached hydrogens (tertiary/aromatic N) is 3. The third kappa shape index (κ3) is 2.50. The highest BCUT2D eigenvalue weighted by molar-refractivity contribution is 7.99. The molecule has 0 aliphatic carbocycles. The number of rotatable bonds is 4. The predicted octanol–water partition coefficient (Wildman–Crippen LogP) is 2.03. The monoisotopic (exact) mass is 269 g/mol. The quantitative estimate of drug-likeness (QED) is 0.860. The highest BCUT2D eigenvalue weighted by atomic mass is 32.2. The van der Waals surface area contributed by atoms with Gasteiger partial charge in [0.2, 0.25) is 0 Å². The molecular formula is C10H11N3O2S2. The number of hydrogen-bond donors (Lipinski definition) is 1. The highest BCUT2D eigenvalue weighted by Gasteiger charge is 2.14. The molecule has 0 saturated carbocycles. The van der Waals surface area contributed by atoms with Crippen LogP contribution in [0.4, 0.5) is 0 Å². The molecule has 2 rings (SSSR count). The van der Waals surface area contributed by atoms with Crippen molar-refractivity contribution in [1.82, 2.24) is 14.8 Å². The third-order valence-electron chi connectivity index (χ3n) is 2.26. The number of aryl methyl sites for hydroxylation is 1. The first-order chi connectivity index (χ1) is 8.09. The summed E-state index contributed by atoms with van der Waals surface area (Å²) in [6.07, 6.45) is 0. The molecule has 0 fully saturated rings. The van der Waals surface area contributed by atoms with E-state index in [1.807, 2.05) is 29.3 Å². The Morgan fingerprint density at radius 3 is 2.88 bits per heavy atom. The molecule has 90 valence electrons. The molecule has 7 heteroatoms. The number of carbonyl (C=O) groups is 1. The molecular weight excluding hydrogens is 258 g/mol. The first-order valence-electron chi connectivity index (χ1n) is 4.86. The van der Waals surface area contributed by atoms with E-state index in [4.69, 9.17) is 5.11 Å². The van der Waals surface area contributed by atoms with Crippen molar-refractivity contribution in [2.45, 2.75) is 12.1 Å². The highest BCUT2D eigenvalue weighted by Crippen LogP contribution is 2.27. The summed E-state index contributed by atoms with van der Waals surface area (Å²) >= 11 is 2.79. The van der Waals surface area contributed by atoms with Gasteiger partial charge in [-0.25, -0.2) is 0 Å². The summed E-state index contributed by atoms with van der Waals surface area (Å²) in [5.41, 5.74) is 2.20. The maximum absolute atomic E-state index is 10.5. The van der Waals surface area contributed by atoms with Crippen LogP contribution in [-0.2, 0) is 11.8 Å². The summed E-state index contributed by atoms with van der Waals surface area (Å²) in [5.74, 6) is -0.0860. The maximum Gasteiger partial charge on any atom is 0.313 e. The molecule has 0 unspecified atom stereocenters. The largest absolute Gasteiger partial charge is 0.481 e. The van der Waals surface area contributed by atoms with E-state index in [-0.39, 0.29) is 5.75 Å². The predicted molar refractivity (Wildman–Crippen MR) is 67.4 cm³/mol. The molecule has 5 nitrogen and oxygen atoms in total. The molecule has 0 radical (unpaired) electrons. The van der Waals surface area contributed by atoms with E-state index in [1.54, 1.807) is 11.3 Å². The molecule has 0 aliphatic heterocycles. The van der Waals surface area contributed by atoms with Crippen molar-refractivity contribution in [2.75, 3.05) is 5.75 Å². The summed E-state index contributed by atoms with van der Waals surface area (Å²) in [6, 6.07) is 0. The number of hydrogen-bond acceptors (Lipinski definition) is 5. The van der Waals surface area contributed by atoms with Crippen LogP contribution in [0.5, 0.6) is 0 Å². The Morgan fingerprint density at radius 2 is 2.29 bits per heavy atom. The second-order valence-electron chi connectivity index (χ2n) is 3.52. The lowest BCUT2D eigenvalue weighted by Crippen LogP contribution is -2.01. The van der Waals surface area contributed by atoms with Crippen LogP contribution in [0, 0.1) is 6.92 Å². The van der Waals surface area contributed by atoms with Gasteiger partial charge in [0.1, 0.15) is 0 Å². The average Bonchev–Trinajstić information content (AvgIpc) is 2.82. The van der Waals surface area contributed by atoms with E-state index in [9.17, 15) is 4.79 Å². The van der Waals surface area contributed by atoms with Gasteiger partial charge in [-0.1, -0.05) is 11.8 Å². The Labute approximate surface area is 106 Å². The fourth-order valence-electron chi connectivity index (χ4n) is 1.39. The van der Waals surface area contributed by atoms with Crippen molar-refractivity contribution in [2.24, 2.45) is 7.05 Å². The third-order valence-corrected chi connectivity index (χ3v) is 4.12. The van der Waals surface area contributed by atoms with Gasteiger partial charge >= 0.3 is 5.97 Å². The minimum Gasteiger partial charge on any atom is -0.481 e. The van der Waals surface area contributed by atoms with Gasteiger partial charge in [0.25, 0.3) is 0 Å². The van der Waals surface area contributed by atoms with E-state index in [0.717, 1.165) is 17.0 Å². The van der Waals surface area contributed by atoms with E-state index in [2.05, 4.69) is 10.2 Å². The Kier molecular flexibility index (Phi) is 3.49. The molecule has 0 aliphatic rings. The van der Waals surface area contributed by atoms with Gasteiger partial charge < -0.3 is 9.67 Å². The number of thiophene rings is 1. The van der Waals surface area contributed by atoms with Crippen molar-refractivity contribution in [3.63, 3.8) is 0 Å². The molecule has 0 saturated heterocycles. The molecule has 1 N–H and O–H groups in total. The van der Waals surface area contributed by atoms with Crippen molar-refractivity contribution in [3.05, 3.63) is 16.3 Å². The van der Waals surface area contributed by atoms with Crippen molar-refractivity contribution in [3.8, 4) is 11.4 Å². The van der Waals surface area contributed by atoms with E-state index >= 15 is 0 Å². The lowest BCUT2D eigenvalue weighted by atomic mass is 10.2. The van der Waals surface area contributed by atoms with E-state index in [1.165, 1.54) is 11.8 Å². The molecule has 2 aromatic heterocycles. The second kappa shape index (κ2) is 4.89. The zero-order valence-corrected chi connectivity index (χ0v) is 11.0. The van der Waals surface area contributed by atoms with Crippen LogP contribution in [0.3, 0.4) is 0 Å². The summed E-state index contributed by atoms with van der Waals surface area (Å²) in [5, 5.41) is 21.4. The SMILES string of the molecule is Cc1cscc1-c1nnc(SCC(=O)O)n1C. The van der Waals surface area contributed by atoms with Crippen molar-refractivity contribution >= 4 is 29.1 Å². The number of carboxylic acid groups (broad SMARTS) is 1. The van der Waals surface area contributed by atoms with Crippen LogP contribution >= 0.6 is 23.1 Å². The molecule has 2 heterocycles. The van der Waals surface area contributed by atoms with Crippen molar-refractivity contribution < 1.29 is 9.90 Å². The summed E-state index contributed by atoms with van der Waals surface area (Å²) in [7, 11) is 1.84. The fraction of sp³-hybridized carbons (Fsp3) is 0.300. The Morgan fingerprint density at radius 1 is 1.53 bits per heavy atom. The minimum atomic E-state index is -0.855. The lowest BCUT2D eigenvalue weighted by Gasteiger charge is -2.01. The van der Waals surface area contributed by atoms with E-state index in [0.29, 0.717) is 5.16 Å². The molecule has 0 aromatic carbocycles. The Balaban J connectivity index is 2.27. The molecule has 0 amide bonds. The van der Waals surface area contributed by atoms with Crippen LogP contribution in [-0.4, -0.2) is 31.6 Å². The van der Waals surface area contributed by atoms with E-state index < -0.39 is 5.97 Å². The molecule has 0 bridgehead atoms. The number of thioether (sulfide) groups is 1. The maximum atomic E-state index is 10.5. The molecule has 2 aromatic rings. The van der Waals surface area contributed by atoms with Crippen LogP contribution < -0.4 is 0 Å². The lowest BCUT2D eigenvalue weighted by molar-refractivity contribution is -0.133. The summed E-state index contributed by atoms with van der Waals surface area (Å²) in [4.78, 5) is 10.5. The van der Waals surface area contributed by atoms with Gasteiger partial charge in [-0.15, -0.1) is 10.2 Å². The van der Waals surface area contributed by atoms with Crippen LogP contribution in [0.2, 0.25) is 0 Å². The van der Waals surface area contributed by atoms with Crippen LogP contribution in [0.1, 0.15) is 5.56 Å². The average molecular weight is 269 g/mol. The topological polar surface area (TPSA) is 68.0 Å². The first kappa shape index (κ1) is 12.1. The molecule has 0 atom stereocenters. The molecule has 0 spiro atoms. The normalized spacial score (nSPS) is 10.7.